The Morgan fingerprint density at radius 1 is 1.29 bits per heavy atom. The standard InChI is InChI=1S/C16H22N4O/c1-12-11-14(16(21)19-10-6-8-17-3)13(2)20(12)15-7-4-5-9-18-15/h4-5,7,9,11,17H,6,8,10H2,1-3H3,(H,19,21). The number of rotatable bonds is 6. The number of nitrogens with zero attached hydrogens (tertiary/aromatic N) is 2. The van der Waals surface area contributed by atoms with E-state index in [9.17, 15) is 4.79 Å². The zero-order valence-corrected chi connectivity index (χ0v) is 12.8. The topological polar surface area (TPSA) is 58.9 Å². The van der Waals surface area contributed by atoms with Gasteiger partial charge in [-0.3, -0.25) is 4.79 Å². The Balaban J connectivity index is 2.17. The van der Waals surface area contributed by atoms with Gasteiger partial charge in [-0.25, -0.2) is 4.98 Å². The second-order valence-electron chi connectivity index (χ2n) is 5.02. The molecule has 0 spiro atoms. The highest BCUT2D eigenvalue weighted by atomic mass is 16.1. The Hall–Kier alpha value is -2.14. The summed E-state index contributed by atoms with van der Waals surface area (Å²) in [6, 6.07) is 7.68. The van der Waals surface area contributed by atoms with Crippen LogP contribution < -0.4 is 10.6 Å². The maximum atomic E-state index is 12.3. The Bertz CT molecular complexity index is 604. The Morgan fingerprint density at radius 2 is 2.10 bits per heavy atom. The molecule has 2 rings (SSSR count). The third-order valence-corrected chi connectivity index (χ3v) is 3.44. The van der Waals surface area contributed by atoms with E-state index in [1.54, 1.807) is 6.20 Å². The summed E-state index contributed by atoms with van der Waals surface area (Å²) in [6.45, 7) is 5.50. The van der Waals surface area contributed by atoms with Gasteiger partial charge in [0.2, 0.25) is 0 Å². The van der Waals surface area contributed by atoms with Crippen LogP contribution in [0.3, 0.4) is 0 Å². The summed E-state index contributed by atoms with van der Waals surface area (Å²) in [5.41, 5.74) is 2.63. The van der Waals surface area contributed by atoms with Crippen molar-refractivity contribution >= 4 is 5.91 Å². The first-order valence-corrected chi connectivity index (χ1v) is 7.18. The lowest BCUT2D eigenvalue weighted by atomic mass is 10.2. The third-order valence-electron chi connectivity index (χ3n) is 3.44. The molecular weight excluding hydrogens is 264 g/mol. The summed E-state index contributed by atoms with van der Waals surface area (Å²) >= 11 is 0. The predicted molar refractivity (Wildman–Crippen MR) is 83.9 cm³/mol. The van der Waals surface area contributed by atoms with E-state index in [4.69, 9.17) is 0 Å². The molecule has 21 heavy (non-hydrogen) atoms. The predicted octanol–water partition coefficient (Wildman–Crippen LogP) is 1.83. The van der Waals surface area contributed by atoms with Gasteiger partial charge in [-0.15, -0.1) is 0 Å². The van der Waals surface area contributed by atoms with Crippen LogP contribution in [0.2, 0.25) is 0 Å². The smallest absolute Gasteiger partial charge is 0.253 e. The molecule has 0 aliphatic rings. The SMILES string of the molecule is CNCCCNC(=O)c1cc(C)n(-c2ccccn2)c1C. The lowest BCUT2D eigenvalue weighted by Crippen LogP contribution is -2.27. The molecule has 0 aliphatic heterocycles. The molecule has 2 heterocycles. The molecule has 5 heteroatoms. The number of carbonyl (C=O) groups is 1. The second-order valence-corrected chi connectivity index (χ2v) is 5.02. The molecule has 1 amide bonds. The van der Waals surface area contributed by atoms with Gasteiger partial charge in [0.1, 0.15) is 5.82 Å². The molecule has 0 radical (unpaired) electrons. The number of nitrogens with one attached hydrogen (secondary N) is 2. The van der Waals surface area contributed by atoms with Crippen molar-refractivity contribution in [3.8, 4) is 5.82 Å². The van der Waals surface area contributed by atoms with E-state index < -0.39 is 0 Å². The lowest BCUT2D eigenvalue weighted by molar-refractivity contribution is 0.0952. The fraction of sp³-hybridized carbons (Fsp3) is 0.375. The summed E-state index contributed by atoms with van der Waals surface area (Å²) in [7, 11) is 1.91. The first kappa shape index (κ1) is 15.3. The molecule has 2 aromatic rings. The van der Waals surface area contributed by atoms with Crippen LogP contribution in [0.1, 0.15) is 28.2 Å². The molecule has 0 aliphatic carbocycles. The fourth-order valence-electron chi connectivity index (χ4n) is 2.39. The summed E-state index contributed by atoms with van der Waals surface area (Å²) in [4.78, 5) is 16.6. The van der Waals surface area contributed by atoms with Crippen molar-refractivity contribution in [2.75, 3.05) is 20.1 Å². The van der Waals surface area contributed by atoms with Crippen LogP contribution in [0.25, 0.3) is 5.82 Å². The average Bonchev–Trinajstić information content (AvgIpc) is 2.79. The van der Waals surface area contributed by atoms with E-state index >= 15 is 0 Å². The molecule has 2 aromatic heterocycles. The molecule has 112 valence electrons. The normalized spacial score (nSPS) is 10.6. The van der Waals surface area contributed by atoms with Crippen molar-refractivity contribution < 1.29 is 4.79 Å². The van der Waals surface area contributed by atoms with Gasteiger partial charge in [0.15, 0.2) is 0 Å². The number of hydrogen-bond acceptors (Lipinski definition) is 3. The molecule has 0 fully saturated rings. The maximum absolute atomic E-state index is 12.3. The van der Waals surface area contributed by atoms with E-state index in [0.717, 1.165) is 30.2 Å². The minimum atomic E-state index is -0.0265. The van der Waals surface area contributed by atoms with Crippen LogP contribution in [0.5, 0.6) is 0 Å². The minimum absolute atomic E-state index is 0.0265. The van der Waals surface area contributed by atoms with Gasteiger partial charge in [-0.1, -0.05) is 6.07 Å². The number of aryl methyl sites for hydroxylation is 1. The Morgan fingerprint density at radius 3 is 2.76 bits per heavy atom. The first-order valence-electron chi connectivity index (χ1n) is 7.18. The van der Waals surface area contributed by atoms with Crippen LogP contribution in [0, 0.1) is 13.8 Å². The first-order chi connectivity index (χ1) is 10.1. The van der Waals surface area contributed by atoms with Gasteiger partial charge < -0.3 is 15.2 Å². The zero-order chi connectivity index (χ0) is 15.2. The highest BCUT2D eigenvalue weighted by Gasteiger charge is 2.16. The van der Waals surface area contributed by atoms with Crippen LogP contribution in [-0.2, 0) is 0 Å². The fourth-order valence-corrected chi connectivity index (χ4v) is 2.39. The summed E-state index contributed by atoms with van der Waals surface area (Å²) < 4.78 is 2.00. The van der Waals surface area contributed by atoms with Gasteiger partial charge in [-0.2, -0.15) is 0 Å². The molecule has 0 aromatic carbocycles. The largest absolute Gasteiger partial charge is 0.352 e. The van der Waals surface area contributed by atoms with E-state index in [1.807, 2.05) is 49.7 Å². The van der Waals surface area contributed by atoms with Crippen molar-refractivity contribution in [3.63, 3.8) is 0 Å². The van der Waals surface area contributed by atoms with Crippen molar-refractivity contribution in [1.29, 1.82) is 0 Å². The number of pyridine rings is 1. The maximum Gasteiger partial charge on any atom is 0.253 e. The summed E-state index contributed by atoms with van der Waals surface area (Å²) in [5.74, 6) is 0.808. The van der Waals surface area contributed by atoms with Gasteiger partial charge >= 0.3 is 0 Å². The highest BCUT2D eigenvalue weighted by Crippen LogP contribution is 2.19. The number of aromatic nitrogens is 2. The lowest BCUT2D eigenvalue weighted by Gasteiger charge is -2.09. The zero-order valence-electron chi connectivity index (χ0n) is 12.8. The molecule has 0 saturated heterocycles. The van der Waals surface area contributed by atoms with Crippen molar-refractivity contribution in [1.82, 2.24) is 20.2 Å². The Labute approximate surface area is 125 Å². The van der Waals surface area contributed by atoms with Crippen LogP contribution in [0.15, 0.2) is 30.5 Å². The number of carbonyl (C=O) groups excluding carboxylic acids is 1. The third kappa shape index (κ3) is 3.49. The van der Waals surface area contributed by atoms with Gasteiger partial charge in [0, 0.05) is 24.1 Å². The molecule has 2 N–H and O–H groups in total. The van der Waals surface area contributed by atoms with Gasteiger partial charge in [0.25, 0.3) is 5.91 Å². The van der Waals surface area contributed by atoms with E-state index in [0.29, 0.717) is 12.1 Å². The van der Waals surface area contributed by atoms with E-state index in [-0.39, 0.29) is 5.91 Å². The summed E-state index contributed by atoms with van der Waals surface area (Å²) in [6.07, 6.45) is 2.67. The summed E-state index contributed by atoms with van der Waals surface area (Å²) in [5, 5.41) is 6.02. The average molecular weight is 286 g/mol. The van der Waals surface area contributed by atoms with Crippen molar-refractivity contribution in [3.05, 3.63) is 47.4 Å². The second kappa shape index (κ2) is 7.04. The van der Waals surface area contributed by atoms with Crippen molar-refractivity contribution in [2.45, 2.75) is 20.3 Å². The van der Waals surface area contributed by atoms with Crippen LogP contribution in [0.4, 0.5) is 0 Å². The van der Waals surface area contributed by atoms with E-state index in [2.05, 4.69) is 15.6 Å². The molecule has 0 atom stereocenters. The van der Waals surface area contributed by atoms with Gasteiger partial charge in [0.05, 0.1) is 5.56 Å². The quantitative estimate of drug-likeness (QED) is 0.797. The molecule has 0 bridgehead atoms. The molecule has 0 unspecified atom stereocenters. The van der Waals surface area contributed by atoms with Gasteiger partial charge in [-0.05, 0) is 52.1 Å². The highest BCUT2D eigenvalue weighted by molar-refractivity contribution is 5.95. The number of hydrogen-bond donors (Lipinski definition) is 2. The van der Waals surface area contributed by atoms with E-state index in [1.165, 1.54) is 0 Å². The number of amides is 1. The van der Waals surface area contributed by atoms with Crippen LogP contribution >= 0.6 is 0 Å². The molecule has 0 saturated carbocycles. The minimum Gasteiger partial charge on any atom is -0.352 e. The van der Waals surface area contributed by atoms with Crippen LogP contribution in [-0.4, -0.2) is 35.6 Å². The monoisotopic (exact) mass is 286 g/mol. The molecule has 5 nitrogen and oxygen atoms in total. The molecular formula is C16H22N4O. The van der Waals surface area contributed by atoms with Crippen molar-refractivity contribution in [2.24, 2.45) is 0 Å². The Kier molecular flexibility index (Phi) is 5.11.